The maximum absolute atomic E-state index is 13.3. The molecule has 0 N–H and O–H groups in total. The highest BCUT2D eigenvalue weighted by Gasteiger charge is 2.43. The van der Waals surface area contributed by atoms with Crippen molar-refractivity contribution in [2.24, 2.45) is 5.92 Å². The van der Waals surface area contributed by atoms with E-state index in [1.807, 2.05) is 28.5 Å². The fourth-order valence-corrected chi connectivity index (χ4v) is 6.82. The first-order chi connectivity index (χ1) is 14.4. The number of hydrogen-bond acceptors (Lipinski definition) is 4. The van der Waals surface area contributed by atoms with Gasteiger partial charge in [-0.2, -0.15) is 4.31 Å². The smallest absolute Gasteiger partial charge is 0.242 e. The summed E-state index contributed by atoms with van der Waals surface area (Å²) in [6.07, 6.45) is 5.64. The van der Waals surface area contributed by atoms with Crippen LogP contribution in [0.5, 0.6) is 0 Å². The molecule has 0 spiro atoms. The Balaban J connectivity index is 1.67. The normalized spacial score (nSPS) is 22.0. The van der Waals surface area contributed by atoms with Gasteiger partial charge in [0.2, 0.25) is 15.9 Å². The van der Waals surface area contributed by atoms with Gasteiger partial charge in [0.1, 0.15) is 0 Å². The van der Waals surface area contributed by atoms with Crippen LogP contribution in [0.25, 0.3) is 10.4 Å². The van der Waals surface area contributed by atoms with Gasteiger partial charge in [-0.15, -0.1) is 11.3 Å². The Labute approximate surface area is 183 Å². The number of piperazine rings is 1. The Bertz CT molecular complexity index is 979. The second-order valence-corrected chi connectivity index (χ2v) is 12.1. The van der Waals surface area contributed by atoms with Gasteiger partial charge in [-0.05, 0) is 44.2 Å². The second-order valence-electron chi connectivity index (χ2n) is 8.65. The van der Waals surface area contributed by atoms with Crippen molar-refractivity contribution in [2.75, 3.05) is 18.0 Å². The highest BCUT2D eigenvalue weighted by Crippen LogP contribution is 2.38. The van der Waals surface area contributed by atoms with E-state index in [2.05, 4.69) is 18.2 Å². The van der Waals surface area contributed by atoms with Crippen LogP contribution < -0.4 is 4.90 Å². The molecule has 1 saturated heterocycles. The zero-order valence-electron chi connectivity index (χ0n) is 17.7. The SMILES string of the molecule is CC(C)S(=O)(=O)N1CC(=O)N(c2csc(-c3ccccc3)c2)C(C2CCCCC2)C1. The summed E-state index contributed by atoms with van der Waals surface area (Å²) in [7, 11) is -3.46. The molecule has 1 saturated carbocycles. The summed E-state index contributed by atoms with van der Waals surface area (Å²) in [5.74, 6) is 0.228. The van der Waals surface area contributed by atoms with Gasteiger partial charge in [-0.3, -0.25) is 4.79 Å². The van der Waals surface area contributed by atoms with E-state index in [1.54, 1.807) is 25.2 Å². The molecule has 1 aromatic carbocycles. The number of carbonyl (C=O) groups excluding carboxylic acids is 1. The summed E-state index contributed by atoms with van der Waals surface area (Å²) in [5.41, 5.74) is 2.04. The summed E-state index contributed by atoms with van der Waals surface area (Å²) in [6.45, 7) is 3.70. The molecule has 1 aromatic heterocycles. The number of anilines is 1. The number of amides is 1. The van der Waals surface area contributed by atoms with Crippen LogP contribution >= 0.6 is 11.3 Å². The molecule has 0 bridgehead atoms. The Morgan fingerprint density at radius 1 is 1.07 bits per heavy atom. The highest BCUT2D eigenvalue weighted by molar-refractivity contribution is 7.89. The van der Waals surface area contributed by atoms with Gasteiger partial charge >= 0.3 is 0 Å². The average molecular weight is 447 g/mol. The fraction of sp³-hybridized carbons (Fsp3) is 0.522. The van der Waals surface area contributed by atoms with Gasteiger partial charge in [0.05, 0.1) is 23.5 Å². The Morgan fingerprint density at radius 3 is 2.43 bits per heavy atom. The van der Waals surface area contributed by atoms with Gasteiger partial charge in [0.15, 0.2) is 0 Å². The standard InChI is InChI=1S/C23H30N2O3S2/c1-17(2)30(27,28)24-14-21(18-9-5-3-6-10-18)25(23(26)15-24)20-13-22(29-16-20)19-11-7-4-8-12-19/h4,7-8,11-13,16-18,21H,3,5-6,9-10,14-15H2,1-2H3. The Kier molecular flexibility index (Phi) is 6.32. The van der Waals surface area contributed by atoms with Crippen molar-refractivity contribution in [3.05, 3.63) is 41.8 Å². The molecule has 7 heteroatoms. The molecule has 1 atom stereocenters. The van der Waals surface area contributed by atoms with E-state index in [0.29, 0.717) is 12.5 Å². The second kappa shape index (κ2) is 8.81. The van der Waals surface area contributed by atoms with E-state index >= 15 is 0 Å². The summed E-state index contributed by atoms with van der Waals surface area (Å²) in [6, 6.07) is 12.2. The maximum atomic E-state index is 13.3. The minimum Gasteiger partial charge on any atom is -0.306 e. The summed E-state index contributed by atoms with van der Waals surface area (Å²) >= 11 is 1.63. The topological polar surface area (TPSA) is 57.7 Å². The Morgan fingerprint density at radius 2 is 1.77 bits per heavy atom. The minimum absolute atomic E-state index is 0.0692. The molecule has 2 heterocycles. The molecule has 1 unspecified atom stereocenters. The molecule has 30 heavy (non-hydrogen) atoms. The third-order valence-electron chi connectivity index (χ3n) is 6.37. The summed E-state index contributed by atoms with van der Waals surface area (Å²) in [5, 5.41) is 1.53. The zero-order chi connectivity index (χ0) is 21.3. The lowest BCUT2D eigenvalue weighted by Crippen LogP contribution is -2.61. The number of rotatable bonds is 5. The van der Waals surface area contributed by atoms with Gasteiger partial charge in [-0.25, -0.2) is 8.42 Å². The van der Waals surface area contributed by atoms with Crippen molar-refractivity contribution >= 4 is 33.0 Å². The van der Waals surface area contributed by atoms with Crippen LogP contribution in [0, 0.1) is 5.92 Å². The lowest BCUT2D eigenvalue weighted by Gasteiger charge is -2.45. The molecule has 1 aliphatic carbocycles. The molecule has 2 aromatic rings. The van der Waals surface area contributed by atoms with E-state index in [9.17, 15) is 13.2 Å². The van der Waals surface area contributed by atoms with E-state index in [1.165, 1.54) is 10.7 Å². The van der Waals surface area contributed by atoms with Crippen LogP contribution in [-0.4, -0.2) is 43.0 Å². The van der Waals surface area contributed by atoms with E-state index < -0.39 is 15.3 Å². The summed E-state index contributed by atoms with van der Waals surface area (Å²) in [4.78, 5) is 16.3. The minimum atomic E-state index is -3.46. The van der Waals surface area contributed by atoms with Crippen LogP contribution in [0.3, 0.4) is 0 Å². The third kappa shape index (κ3) is 4.20. The number of benzene rings is 1. The van der Waals surface area contributed by atoms with Crippen LogP contribution in [0.1, 0.15) is 46.0 Å². The molecule has 2 aliphatic rings. The molecule has 4 rings (SSSR count). The quantitative estimate of drug-likeness (QED) is 0.666. The predicted molar refractivity (Wildman–Crippen MR) is 123 cm³/mol. The fourth-order valence-electron chi connectivity index (χ4n) is 4.68. The lowest BCUT2D eigenvalue weighted by molar-refractivity contribution is -0.121. The maximum Gasteiger partial charge on any atom is 0.242 e. The molecule has 1 aliphatic heterocycles. The van der Waals surface area contributed by atoms with Crippen LogP contribution in [0.15, 0.2) is 41.8 Å². The van der Waals surface area contributed by atoms with Gasteiger partial charge in [-0.1, -0.05) is 49.6 Å². The van der Waals surface area contributed by atoms with Crippen LogP contribution in [-0.2, 0) is 14.8 Å². The predicted octanol–water partition coefficient (Wildman–Crippen LogP) is 4.75. The first kappa shape index (κ1) is 21.5. The molecule has 5 nitrogen and oxygen atoms in total. The van der Waals surface area contributed by atoms with Crippen molar-refractivity contribution in [3.8, 4) is 10.4 Å². The average Bonchev–Trinajstić information content (AvgIpc) is 3.24. The lowest BCUT2D eigenvalue weighted by atomic mass is 9.82. The van der Waals surface area contributed by atoms with Gasteiger partial charge in [0.25, 0.3) is 0 Å². The molecular formula is C23H30N2O3S2. The third-order valence-corrected chi connectivity index (χ3v) is 9.53. The number of hydrogen-bond donors (Lipinski definition) is 0. The molecule has 0 radical (unpaired) electrons. The molecular weight excluding hydrogens is 416 g/mol. The van der Waals surface area contributed by atoms with Gasteiger partial charge < -0.3 is 4.90 Å². The van der Waals surface area contributed by atoms with E-state index in [4.69, 9.17) is 0 Å². The van der Waals surface area contributed by atoms with Gasteiger partial charge in [0, 0.05) is 16.8 Å². The van der Waals surface area contributed by atoms with Crippen molar-refractivity contribution in [1.82, 2.24) is 4.31 Å². The number of thiophene rings is 1. The van der Waals surface area contributed by atoms with Crippen LogP contribution in [0.4, 0.5) is 5.69 Å². The van der Waals surface area contributed by atoms with E-state index in [0.717, 1.165) is 41.8 Å². The van der Waals surface area contributed by atoms with E-state index in [-0.39, 0.29) is 18.5 Å². The number of carbonyl (C=O) groups is 1. The first-order valence-electron chi connectivity index (χ1n) is 10.8. The first-order valence-corrected chi connectivity index (χ1v) is 13.2. The van der Waals surface area contributed by atoms with Crippen molar-refractivity contribution < 1.29 is 13.2 Å². The van der Waals surface area contributed by atoms with Crippen molar-refractivity contribution in [3.63, 3.8) is 0 Å². The van der Waals surface area contributed by atoms with Crippen LogP contribution in [0.2, 0.25) is 0 Å². The zero-order valence-corrected chi connectivity index (χ0v) is 19.3. The van der Waals surface area contributed by atoms with Crippen molar-refractivity contribution in [2.45, 2.75) is 57.2 Å². The Hall–Kier alpha value is -1.70. The molecule has 2 fully saturated rings. The summed E-state index contributed by atoms with van der Waals surface area (Å²) < 4.78 is 27.1. The number of sulfonamides is 1. The molecule has 1 amide bonds. The highest BCUT2D eigenvalue weighted by atomic mass is 32.2. The largest absolute Gasteiger partial charge is 0.306 e. The molecule has 162 valence electrons. The monoisotopic (exact) mass is 446 g/mol. The van der Waals surface area contributed by atoms with Crippen molar-refractivity contribution in [1.29, 1.82) is 0 Å². The number of nitrogens with zero attached hydrogens (tertiary/aromatic N) is 2.